The van der Waals surface area contributed by atoms with E-state index in [1.165, 1.54) is 0 Å². The van der Waals surface area contributed by atoms with Gasteiger partial charge >= 0.3 is 0 Å². The molecule has 54 valence electrons. The zero-order chi connectivity index (χ0) is 7.40. The van der Waals surface area contributed by atoms with E-state index in [0.717, 1.165) is 5.69 Å². The third kappa shape index (κ3) is 1.69. The molecule has 0 aliphatic heterocycles. The number of alkyl halides is 1. The van der Waals surface area contributed by atoms with Crippen molar-refractivity contribution in [3.05, 3.63) is 30.1 Å². The lowest BCUT2D eigenvalue weighted by Crippen LogP contribution is -2.12. The second kappa shape index (κ2) is 3.54. The molecule has 0 aliphatic rings. The molecule has 0 radical (unpaired) electrons. The van der Waals surface area contributed by atoms with Gasteiger partial charge < -0.3 is 5.73 Å². The van der Waals surface area contributed by atoms with Crippen LogP contribution in [0.15, 0.2) is 24.4 Å². The molecule has 3 heteroatoms. The quantitative estimate of drug-likeness (QED) is 0.656. The molecule has 1 aromatic rings. The van der Waals surface area contributed by atoms with E-state index in [1.807, 2.05) is 18.2 Å². The molecule has 0 aromatic carbocycles. The maximum Gasteiger partial charge on any atom is 0.0607 e. The average Bonchev–Trinajstić information content (AvgIpc) is 2.05. The highest BCUT2D eigenvalue weighted by molar-refractivity contribution is 6.18. The first-order chi connectivity index (χ1) is 4.84. The first kappa shape index (κ1) is 7.51. The molecule has 10 heavy (non-hydrogen) atoms. The van der Waals surface area contributed by atoms with Gasteiger partial charge in [0.25, 0.3) is 0 Å². The second-order valence-corrected chi connectivity index (χ2v) is 2.32. The summed E-state index contributed by atoms with van der Waals surface area (Å²) in [6, 6.07) is 5.48. The fraction of sp³-hybridized carbons (Fsp3) is 0.286. The van der Waals surface area contributed by atoms with Gasteiger partial charge in [0.2, 0.25) is 0 Å². The van der Waals surface area contributed by atoms with Crippen molar-refractivity contribution in [1.29, 1.82) is 0 Å². The van der Waals surface area contributed by atoms with Crippen molar-refractivity contribution < 1.29 is 0 Å². The molecule has 0 fully saturated rings. The van der Waals surface area contributed by atoms with Crippen LogP contribution in [0, 0.1) is 0 Å². The number of pyridine rings is 1. The molecule has 0 aliphatic carbocycles. The van der Waals surface area contributed by atoms with Gasteiger partial charge in [0.05, 0.1) is 11.7 Å². The van der Waals surface area contributed by atoms with Gasteiger partial charge in [0.15, 0.2) is 0 Å². The molecule has 0 saturated carbocycles. The normalized spacial score (nSPS) is 13.0. The van der Waals surface area contributed by atoms with Crippen LogP contribution < -0.4 is 5.73 Å². The highest BCUT2D eigenvalue weighted by Gasteiger charge is 2.02. The number of hydrogen-bond donors (Lipinski definition) is 1. The lowest BCUT2D eigenvalue weighted by molar-refractivity contribution is 0.788. The molecule has 0 spiro atoms. The highest BCUT2D eigenvalue weighted by atomic mass is 35.5. The third-order valence-electron chi connectivity index (χ3n) is 1.23. The fourth-order valence-corrected chi connectivity index (χ4v) is 0.832. The molecular weight excluding hydrogens is 148 g/mol. The molecule has 2 nitrogen and oxygen atoms in total. The smallest absolute Gasteiger partial charge is 0.0607 e. The van der Waals surface area contributed by atoms with Crippen LogP contribution in [0.1, 0.15) is 11.7 Å². The molecule has 1 aromatic heterocycles. The number of rotatable bonds is 2. The molecule has 2 N–H and O–H groups in total. The van der Waals surface area contributed by atoms with E-state index in [9.17, 15) is 0 Å². The van der Waals surface area contributed by atoms with Crippen molar-refractivity contribution in [2.24, 2.45) is 5.73 Å². The lowest BCUT2D eigenvalue weighted by atomic mass is 10.2. The molecule has 1 atom stereocenters. The van der Waals surface area contributed by atoms with Crippen LogP contribution in [0.3, 0.4) is 0 Å². The Kier molecular flexibility index (Phi) is 2.66. The summed E-state index contributed by atoms with van der Waals surface area (Å²) >= 11 is 5.52. The topological polar surface area (TPSA) is 38.9 Å². The van der Waals surface area contributed by atoms with Crippen LogP contribution >= 0.6 is 11.6 Å². The number of nitrogens with two attached hydrogens (primary N) is 1. The largest absolute Gasteiger partial charge is 0.322 e. The molecule has 0 saturated heterocycles. The average molecular weight is 157 g/mol. The van der Waals surface area contributed by atoms with Crippen molar-refractivity contribution in [3.8, 4) is 0 Å². The van der Waals surface area contributed by atoms with E-state index < -0.39 is 0 Å². The van der Waals surface area contributed by atoms with Gasteiger partial charge in [-0.3, -0.25) is 4.98 Å². The summed E-state index contributed by atoms with van der Waals surface area (Å²) in [6.07, 6.45) is 1.71. The van der Waals surface area contributed by atoms with Crippen LogP contribution in [-0.4, -0.2) is 10.9 Å². The number of hydrogen-bond acceptors (Lipinski definition) is 2. The Morgan fingerprint density at radius 2 is 2.40 bits per heavy atom. The van der Waals surface area contributed by atoms with Gasteiger partial charge in [-0.15, -0.1) is 11.6 Å². The van der Waals surface area contributed by atoms with Crippen molar-refractivity contribution >= 4 is 11.6 Å². The van der Waals surface area contributed by atoms with Gasteiger partial charge in [0.1, 0.15) is 0 Å². The Labute approximate surface area is 65.0 Å². The maximum atomic E-state index is 5.60. The minimum absolute atomic E-state index is 0.136. The summed E-state index contributed by atoms with van der Waals surface area (Å²) < 4.78 is 0. The zero-order valence-corrected chi connectivity index (χ0v) is 6.25. The summed E-state index contributed by atoms with van der Waals surface area (Å²) in [7, 11) is 0. The standard InChI is InChI=1S/C7H9ClN2/c8-5-6(9)7-3-1-2-4-10-7/h1-4,6H,5,9H2. The van der Waals surface area contributed by atoms with Crippen LogP contribution in [0.5, 0.6) is 0 Å². The van der Waals surface area contributed by atoms with Gasteiger partial charge in [-0.2, -0.15) is 0 Å². The van der Waals surface area contributed by atoms with Gasteiger partial charge in [-0.25, -0.2) is 0 Å². The summed E-state index contributed by atoms with van der Waals surface area (Å²) in [5, 5.41) is 0. The molecular formula is C7H9ClN2. The molecule has 1 rings (SSSR count). The van der Waals surface area contributed by atoms with E-state index in [4.69, 9.17) is 17.3 Å². The third-order valence-corrected chi connectivity index (χ3v) is 1.57. The van der Waals surface area contributed by atoms with E-state index in [-0.39, 0.29) is 6.04 Å². The van der Waals surface area contributed by atoms with Crippen LogP contribution in [-0.2, 0) is 0 Å². The lowest BCUT2D eigenvalue weighted by Gasteiger charge is -2.04. The van der Waals surface area contributed by atoms with E-state index >= 15 is 0 Å². The Bertz CT molecular complexity index is 188. The molecule has 0 bridgehead atoms. The highest BCUT2D eigenvalue weighted by Crippen LogP contribution is 2.06. The van der Waals surface area contributed by atoms with Crippen LogP contribution in [0.4, 0.5) is 0 Å². The molecule has 1 unspecified atom stereocenters. The van der Waals surface area contributed by atoms with Crippen molar-refractivity contribution in [2.45, 2.75) is 6.04 Å². The van der Waals surface area contributed by atoms with Gasteiger partial charge in [0, 0.05) is 12.1 Å². The summed E-state index contributed by atoms with van der Waals surface area (Å²) in [6.45, 7) is 0. The predicted molar refractivity (Wildman–Crippen MR) is 41.9 cm³/mol. The van der Waals surface area contributed by atoms with Gasteiger partial charge in [-0.05, 0) is 12.1 Å². The molecule has 0 amide bonds. The van der Waals surface area contributed by atoms with Crippen LogP contribution in [0.2, 0.25) is 0 Å². The Balaban J connectivity index is 2.75. The van der Waals surface area contributed by atoms with Crippen molar-refractivity contribution in [1.82, 2.24) is 4.98 Å². The summed E-state index contributed by atoms with van der Waals surface area (Å²) in [5.74, 6) is 0.414. The van der Waals surface area contributed by atoms with Gasteiger partial charge in [-0.1, -0.05) is 6.07 Å². The number of halogens is 1. The predicted octanol–water partition coefficient (Wildman–Crippen LogP) is 1.32. The number of aromatic nitrogens is 1. The van der Waals surface area contributed by atoms with E-state index in [0.29, 0.717) is 5.88 Å². The minimum atomic E-state index is -0.136. The van der Waals surface area contributed by atoms with E-state index in [2.05, 4.69) is 4.98 Å². The second-order valence-electron chi connectivity index (χ2n) is 2.02. The first-order valence-electron chi connectivity index (χ1n) is 3.07. The maximum absolute atomic E-state index is 5.60. The number of nitrogens with zero attached hydrogens (tertiary/aromatic N) is 1. The minimum Gasteiger partial charge on any atom is -0.322 e. The van der Waals surface area contributed by atoms with Crippen molar-refractivity contribution in [3.63, 3.8) is 0 Å². The Morgan fingerprint density at radius 3 is 2.90 bits per heavy atom. The Morgan fingerprint density at radius 1 is 1.60 bits per heavy atom. The van der Waals surface area contributed by atoms with E-state index in [1.54, 1.807) is 6.20 Å². The first-order valence-corrected chi connectivity index (χ1v) is 3.60. The summed E-state index contributed by atoms with van der Waals surface area (Å²) in [4.78, 5) is 4.04. The SMILES string of the molecule is NC(CCl)c1ccccn1. The fourth-order valence-electron chi connectivity index (χ4n) is 0.674. The molecule has 1 heterocycles. The Hall–Kier alpha value is -0.600. The van der Waals surface area contributed by atoms with Crippen LogP contribution in [0.25, 0.3) is 0 Å². The summed E-state index contributed by atoms with van der Waals surface area (Å²) in [5.41, 5.74) is 6.44. The zero-order valence-electron chi connectivity index (χ0n) is 5.50. The monoisotopic (exact) mass is 156 g/mol. The van der Waals surface area contributed by atoms with Crippen molar-refractivity contribution in [2.75, 3.05) is 5.88 Å².